The first-order valence-corrected chi connectivity index (χ1v) is 14.2. The topological polar surface area (TPSA) is 101 Å². The first kappa shape index (κ1) is 25.2. The molecule has 2 atom stereocenters. The molecule has 4 heterocycles. The Balaban J connectivity index is 1.27. The van der Waals surface area contributed by atoms with Crippen LogP contribution in [-0.2, 0) is 21.2 Å². The van der Waals surface area contributed by atoms with Gasteiger partial charge in [-0.15, -0.1) is 0 Å². The fourth-order valence-corrected chi connectivity index (χ4v) is 7.38. The van der Waals surface area contributed by atoms with Crippen molar-refractivity contribution >= 4 is 21.9 Å². The van der Waals surface area contributed by atoms with Crippen LogP contribution in [0.25, 0.3) is 11.8 Å². The third kappa shape index (κ3) is 4.33. The molecule has 1 N–H and O–H groups in total. The van der Waals surface area contributed by atoms with Gasteiger partial charge in [0.2, 0.25) is 10.0 Å². The molecule has 200 valence electrons. The van der Waals surface area contributed by atoms with Crippen molar-refractivity contribution in [1.29, 1.82) is 0 Å². The highest BCUT2D eigenvalue weighted by atomic mass is 32.2. The predicted molar refractivity (Wildman–Crippen MR) is 140 cm³/mol. The summed E-state index contributed by atoms with van der Waals surface area (Å²) >= 11 is 0. The quantitative estimate of drug-likeness (QED) is 0.514. The zero-order chi connectivity index (χ0) is 26.5. The van der Waals surface area contributed by atoms with Crippen LogP contribution in [0.5, 0.6) is 0 Å². The molecule has 1 aromatic carbocycles. The van der Waals surface area contributed by atoms with E-state index in [2.05, 4.69) is 16.2 Å². The van der Waals surface area contributed by atoms with Crippen molar-refractivity contribution in [3.63, 3.8) is 0 Å². The largest absolute Gasteiger partial charge is 0.391 e. The predicted octanol–water partition coefficient (Wildman–Crippen LogP) is 2.64. The van der Waals surface area contributed by atoms with E-state index in [9.17, 15) is 17.9 Å². The first-order chi connectivity index (χ1) is 18.3. The number of methoxy groups -OCH3 is 1. The van der Waals surface area contributed by atoms with Gasteiger partial charge in [0.05, 0.1) is 30.3 Å². The van der Waals surface area contributed by atoms with Gasteiger partial charge in [-0.2, -0.15) is 9.40 Å². The van der Waals surface area contributed by atoms with E-state index in [4.69, 9.17) is 4.74 Å². The Kier molecular flexibility index (Phi) is 6.34. The van der Waals surface area contributed by atoms with Crippen LogP contribution in [0.4, 0.5) is 10.2 Å². The molecule has 3 aromatic rings. The summed E-state index contributed by atoms with van der Waals surface area (Å²) in [4.78, 5) is 6.51. The molecule has 38 heavy (non-hydrogen) atoms. The molecule has 0 radical (unpaired) electrons. The number of anilines is 1. The van der Waals surface area contributed by atoms with Gasteiger partial charge in [0, 0.05) is 44.9 Å². The minimum absolute atomic E-state index is 0.154. The maximum Gasteiger partial charge on any atom is 0.244 e. The van der Waals surface area contributed by atoms with Gasteiger partial charge in [0.1, 0.15) is 16.5 Å². The summed E-state index contributed by atoms with van der Waals surface area (Å²) < 4.78 is 49.8. The summed E-state index contributed by atoms with van der Waals surface area (Å²) in [5.41, 5.74) is 3.31. The molecule has 2 saturated heterocycles. The number of piperidine rings is 1. The third-order valence-corrected chi connectivity index (χ3v) is 9.68. The molecular formula is C27H30FN5O4S. The van der Waals surface area contributed by atoms with Crippen molar-refractivity contribution in [2.75, 3.05) is 44.8 Å². The van der Waals surface area contributed by atoms with Gasteiger partial charge in [0.25, 0.3) is 0 Å². The third-order valence-electron chi connectivity index (χ3n) is 7.85. The second kappa shape index (κ2) is 9.57. The number of sulfonamides is 1. The highest BCUT2D eigenvalue weighted by Crippen LogP contribution is 2.45. The molecule has 11 heteroatoms. The number of fused-ring (bicyclic) bond motifs is 2. The van der Waals surface area contributed by atoms with Crippen molar-refractivity contribution in [2.24, 2.45) is 5.41 Å². The average Bonchev–Trinajstić information content (AvgIpc) is 3.53. The zero-order valence-electron chi connectivity index (χ0n) is 21.1. The number of aliphatic hydroxyl groups is 1. The highest BCUT2D eigenvalue weighted by Gasteiger charge is 2.46. The van der Waals surface area contributed by atoms with Gasteiger partial charge in [-0.3, -0.25) is 0 Å². The van der Waals surface area contributed by atoms with Crippen LogP contribution >= 0.6 is 0 Å². The van der Waals surface area contributed by atoms with E-state index in [-0.39, 0.29) is 23.4 Å². The Hall–Kier alpha value is -3.12. The number of hydrogen-bond donors (Lipinski definition) is 1. The molecule has 2 aliphatic heterocycles. The molecule has 0 bridgehead atoms. The number of aromatic nitrogens is 3. The molecule has 0 unspecified atom stereocenters. The lowest BCUT2D eigenvalue weighted by Gasteiger charge is -2.45. The van der Waals surface area contributed by atoms with Gasteiger partial charge in [-0.1, -0.05) is 5.57 Å². The Morgan fingerprint density at radius 2 is 1.97 bits per heavy atom. The number of halogens is 1. The first-order valence-electron chi connectivity index (χ1n) is 12.7. The minimum Gasteiger partial charge on any atom is -0.391 e. The van der Waals surface area contributed by atoms with Crippen molar-refractivity contribution in [2.45, 2.75) is 30.3 Å². The van der Waals surface area contributed by atoms with E-state index in [1.54, 1.807) is 42.3 Å². The fraction of sp³-hybridized carbons (Fsp3) is 0.407. The standard InChI is InChI=1S/C27H30FN5O4S/c1-37-18-27-13-19-14-30-33(22-4-2-21(28)3-5-22)25(19)12-20(27)8-11-32(17-27)38(35,36)24-6-7-26(29-15-24)31-10-9-23(34)16-31/h2-7,12,14-15,23,34H,8-11,13,16-18H2,1H3/t23-,27+/m0/s1. The van der Waals surface area contributed by atoms with Crippen LogP contribution in [0, 0.1) is 11.2 Å². The van der Waals surface area contributed by atoms with E-state index in [1.807, 2.05) is 4.90 Å². The summed E-state index contributed by atoms with van der Waals surface area (Å²) in [6, 6.07) is 9.52. The van der Waals surface area contributed by atoms with Crippen LogP contribution in [0.15, 0.2) is 59.3 Å². The number of ether oxygens (including phenoxy) is 1. The summed E-state index contributed by atoms with van der Waals surface area (Å²) in [6.45, 7) is 2.21. The van der Waals surface area contributed by atoms with Crippen molar-refractivity contribution in [3.05, 3.63) is 71.4 Å². The van der Waals surface area contributed by atoms with Crippen molar-refractivity contribution in [1.82, 2.24) is 19.1 Å². The van der Waals surface area contributed by atoms with Crippen molar-refractivity contribution < 1.29 is 22.7 Å². The molecule has 3 aliphatic rings. The van der Waals surface area contributed by atoms with Crippen LogP contribution in [0.3, 0.4) is 0 Å². The monoisotopic (exact) mass is 539 g/mol. The van der Waals surface area contributed by atoms with E-state index >= 15 is 0 Å². The Morgan fingerprint density at radius 1 is 1.16 bits per heavy atom. The van der Waals surface area contributed by atoms with Crippen molar-refractivity contribution in [3.8, 4) is 5.69 Å². The highest BCUT2D eigenvalue weighted by molar-refractivity contribution is 7.89. The number of benzene rings is 1. The maximum atomic E-state index is 13.7. The lowest BCUT2D eigenvalue weighted by Crippen LogP contribution is -2.51. The molecule has 1 aliphatic carbocycles. The second-order valence-corrected chi connectivity index (χ2v) is 12.3. The smallest absolute Gasteiger partial charge is 0.244 e. The Bertz CT molecular complexity index is 1470. The average molecular weight is 540 g/mol. The molecule has 6 rings (SSSR count). The summed E-state index contributed by atoms with van der Waals surface area (Å²) in [5, 5.41) is 14.4. The number of aliphatic hydroxyl groups excluding tert-OH is 1. The number of β-amino-alcohol motifs (C(OH)–C–C–N with tert-alkyl or cyclic N) is 1. The normalized spacial score (nSPS) is 23.7. The summed E-state index contributed by atoms with van der Waals surface area (Å²) in [5.74, 6) is 0.360. The van der Waals surface area contributed by atoms with E-state index in [0.717, 1.165) is 22.5 Å². The molecule has 2 aromatic heterocycles. The Labute approximate surface area is 221 Å². The van der Waals surface area contributed by atoms with Crippen LogP contribution in [0.1, 0.15) is 24.1 Å². The fourth-order valence-electron chi connectivity index (χ4n) is 5.90. The summed E-state index contributed by atoms with van der Waals surface area (Å²) in [7, 11) is -2.14. The molecule has 0 saturated carbocycles. The van der Waals surface area contributed by atoms with E-state index in [0.29, 0.717) is 51.3 Å². The molecule has 0 amide bonds. The van der Waals surface area contributed by atoms with Gasteiger partial charge < -0.3 is 14.7 Å². The SMILES string of the molecule is COC[C@]12Cc3cnn(-c4ccc(F)cc4)c3C=C1CCN(S(=O)(=O)c1ccc(N3CC[C@H](O)C3)nc1)C2. The zero-order valence-corrected chi connectivity index (χ0v) is 21.9. The number of rotatable bonds is 6. The minimum atomic E-state index is -3.78. The van der Waals surface area contributed by atoms with Crippen LogP contribution < -0.4 is 4.90 Å². The molecule has 9 nitrogen and oxygen atoms in total. The Morgan fingerprint density at radius 3 is 2.66 bits per heavy atom. The molecular weight excluding hydrogens is 509 g/mol. The number of nitrogens with zero attached hydrogens (tertiary/aromatic N) is 5. The van der Waals surface area contributed by atoms with E-state index in [1.165, 1.54) is 22.6 Å². The second-order valence-electron chi connectivity index (χ2n) is 10.3. The van der Waals surface area contributed by atoms with Gasteiger partial charge in [-0.05, 0) is 67.3 Å². The molecule has 0 spiro atoms. The number of pyridine rings is 1. The maximum absolute atomic E-state index is 13.7. The van der Waals surface area contributed by atoms with Gasteiger partial charge >= 0.3 is 0 Å². The van der Waals surface area contributed by atoms with Gasteiger partial charge in [0.15, 0.2) is 0 Å². The lowest BCUT2D eigenvalue weighted by molar-refractivity contribution is 0.0733. The summed E-state index contributed by atoms with van der Waals surface area (Å²) in [6.07, 6.45) is 6.75. The van der Waals surface area contributed by atoms with Gasteiger partial charge in [-0.25, -0.2) is 22.5 Å². The van der Waals surface area contributed by atoms with Crippen LogP contribution in [0.2, 0.25) is 0 Å². The number of hydrogen-bond acceptors (Lipinski definition) is 7. The molecule has 2 fully saturated rings. The van der Waals surface area contributed by atoms with E-state index < -0.39 is 15.4 Å². The van der Waals surface area contributed by atoms with Crippen LogP contribution in [-0.4, -0.2) is 78.6 Å². The lowest BCUT2D eigenvalue weighted by atomic mass is 9.69.